The average molecular weight is 397 g/mol. The molecule has 1 amide bonds. The van der Waals surface area contributed by atoms with Crippen molar-refractivity contribution in [2.75, 3.05) is 5.32 Å². The van der Waals surface area contributed by atoms with Gasteiger partial charge >= 0.3 is 6.18 Å². The molecule has 0 bridgehead atoms. The fraction of sp³-hybridized carbons (Fsp3) is 0.118. The van der Waals surface area contributed by atoms with Crippen molar-refractivity contribution in [2.24, 2.45) is 0 Å². The zero-order chi connectivity index (χ0) is 17.3. The highest BCUT2D eigenvalue weighted by atomic mass is 79.9. The Morgan fingerprint density at radius 1 is 1.08 bits per heavy atom. The lowest BCUT2D eigenvalue weighted by molar-refractivity contribution is -0.140. The predicted molar refractivity (Wildman–Crippen MR) is 89.8 cm³/mol. The SMILES string of the molecule is O=C(Cc1ccc(Br)cc1)Nc1ccc2[nH]c(C(F)(F)F)cc2c1. The number of nitrogens with one attached hydrogen (secondary N) is 2. The first-order chi connectivity index (χ1) is 11.3. The maximum atomic E-state index is 12.7. The smallest absolute Gasteiger partial charge is 0.351 e. The summed E-state index contributed by atoms with van der Waals surface area (Å²) in [5.41, 5.74) is 0.860. The van der Waals surface area contributed by atoms with E-state index in [9.17, 15) is 18.0 Å². The Bertz CT molecular complexity index is 885. The predicted octanol–water partition coefficient (Wildman–Crippen LogP) is 5.13. The summed E-state index contributed by atoms with van der Waals surface area (Å²) < 4.78 is 39.0. The first-order valence-corrected chi connectivity index (χ1v) is 7.85. The van der Waals surface area contributed by atoms with Gasteiger partial charge in [0.2, 0.25) is 5.91 Å². The van der Waals surface area contributed by atoms with Crippen molar-refractivity contribution in [3.05, 3.63) is 64.3 Å². The Hall–Kier alpha value is -2.28. The molecule has 0 saturated heterocycles. The molecule has 0 unspecified atom stereocenters. The molecule has 0 aliphatic rings. The maximum Gasteiger partial charge on any atom is 0.431 e. The molecule has 3 rings (SSSR count). The van der Waals surface area contributed by atoms with Crippen molar-refractivity contribution < 1.29 is 18.0 Å². The number of hydrogen-bond acceptors (Lipinski definition) is 1. The highest BCUT2D eigenvalue weighted by Crippen LogP contribution is 2.31. The van der Waals surface area contributed by atoms with Gasteiger partial charge in [-0.25, -0.2) is 0 Å². The van der Waals surface area contributed by atoms with Crippen LogP contribution in [-0.4, -0.2) is 10.9 Å². The molecule has 2 N–H and O–H groups in total. The van der Waals surface area contributed by atoms with E-state index in [-0.39, 0.29) is 12.3 Å². The van der Waals surface area contributed by atoms with Crippen molar-refractivity contribution in [1.82, 2.24) is 4.98 Å². The molecular formula is C17H12BrF3N2O. The highest BCUT2D eigenvalue weighted by Gasteiger charge is 2.32. The number of anilines is 1. The lowest BCUT2D eigenvalue weighted by Crippen LogP contribution is -2.14. The normalized spacial score (nSPS) is 11.7. The number of rotatable bonds is 3. The number of amides is 1. The summed E-state index contributed by atoms with van der Waals surface area (Å²) in [6, 6.07) is 13.0. The molecule has 124 valence electrons. The van der Waals surface area contributed by atoms with E-state index < -0.39 is 11.9 Å². The number of hydrogen-bond donors (Lipinski definition) is 2. The van der Waals surface area contributed by atoms with Gasteiger partial charge in [-0.3, -0.25) is 4.79 Å². The maximum absolute atomic E-state index is 12.7. The summed E-state index contributed by atoms with van der Waals surface area (Å²) in [6.07, 6.45) is -4.24. The largest absolute Gasteiger partial charge is 0.431 e. The van der Waals surface area contributed by atoms with Crippen LogP contribution in [0, 0.1) is 0 Å². The fourth-order valence-electron chi connectivity index (χ4n) is 2.36. The summed E-state index contributed by atoms with van der Waals surface area (Å²) in [4.78, 5) is 14.4. The van der Waals surface area contributed by atoms with Crippen LogP contribution in [0.25, 0.3) is 10.9 Å². The molecule has 0 saturated carbocycles. The second-order valence-electron chi connectivity index (χ2n) is 5.33. The number of aromatic amines is 1. The van der Waals surface area contributed by atoms with Crippen molar-refractivity contribution in [2.45, 2.75) is 12.6 Å². The number of carbonyl (C=O) groups is 1. The monoisotopic (exact) mass is 396 g/mol. The molecule has 3 aromatic rings. The summed E-state index contributed by atoms with van der Waals surface area (Å²) >= 11 is 3.32. The molecule has 7 heteroatoms. The van der Waals surface area contributed by atoms with E-state index in [0.717, 1.165) is 16.1 Å². The summed E-state index contributed by atoms with van der Waals surface area (Å²) in [5.74, 6) is -0.233. The van der Waals surface area contributed by atoms with Gasteiger partial charge < -0.3 is 10.3 Å². The topological polar surface area (TPSA) is 44.9 Å². The summed E-state index contributed by atoms with van der Waals surface area (Å²) in [6.45, 7) is 0. The van der Waals surface area contributed by atoms with Crippen LogP contribution in [0.1, 0.15) is 11.3 Å². The molecule has 1 aromatic heterocycles. The number of aromatic nitrogens is 1. The van der Waals surface area contributed by atoms with Gasteiger partial charge in [-0.2, -0.15) is 13.2 Å². The van der Waals surface area contributed by atoms with Gasteiger partial charge in [-0.1, -0.05) is 28.1 Å². The van der Waals surface area contributed by atoms with E-state index in [0.29, 0.717) is 16.6 Å². The van der Waals surface area contributed by atoms with Crippen LogP contribution >= 0.6 is 15.9 Å². The molecular weight excluding hydrogens is 385 g/mol. The molecule has 0 atom stereocenters. The standard InChI is InChI=1S/C17H12BrF3N2O/c18-12-3-1-10(2-4-12)7-16(24)22-13-5-6-14-11(8-13)9-15(23-14)17(19,20)21/h1-6,8-9,23H,7H2,(H,22,24). The van der Waals surface area contributed by atoms with E-state index in [4.69, 9.17) is 0 Å². The van der Waals surface area contributed by atoms with Crippen LogP contribution in [0.2, 0.25) is 0 Å². The Morgan fingerprint density at radius 3 is 2.46 bits per heavy atom. The molecule has 0 aliphatic carbocycles. The molecule has 0 fully saturated rings. The third kappa shape index (κ3) is 3.79. The van der Waals surface area contributed by atoms with Gasteiger partial charge in [0, 0.05) is 21.1 Å². The highest BCUT2D eigenvalue weighted by molar-refractivity contribution is 9.10. The molecule has 2 aromatic carbocycles. The Labute approximate surface area is 144 Å². The lowest BCUT2D eigenvalue weighted by Gasteiger charge is -2.06. The Balaban J connectivity index is 1.74. The van der Waals surface area contributed by atoms with E-state index >= 15 is 0 Å². The van der Waals surface area contributed by atoms with Crippen LogP contribution < -0.4 is 5.32 Å². The fourth-order valence-corrected chi connectivity index (χ4v) is 2.62. The molecule has 1 heterocycles. The molecule has 0 spiro atoms. The van der Waals surface area contributed by atoms with Gasteiger partial charge in [0.05, 0.1) is 6.42 Å². The van der Waals surface area contributed by atoms with Crippen LogP contribution in [-0.2, 0) is 17.4 Å². The van der Waals surface area contributed by atoms with Crippen LogP contribution in [0.3, 0.4) is 0 Å². The van der Waals surface area contributed by atoms with E-state index in [1.54, 1.807) is 6.07 Å². The van der Waals surface area contributed by atoms with Crippen LogP contribution in [0.5, 0.6) is 0 Å². The van der Waals surface area contributed by atoms with Crippen molar-refractivity contribution in [3.63, 3.8) is 0 Å². The van der Waals surface area contributed by atoms with Gasteiger partial charge in [-0.05, 0) is 42.0 Å². The average Bonchev–Trinajstić information content (AvgIpc) is 2.93. The zero-order valence-electron chi connectivity index (χ0n) is 12.2. The number of carbonyl (C=O) groups excluding carboxylic acids is 1. The number of benzene rings is 2. The number of halogens is 4. The second kappa shape index (κ2) is 6.32. The zero-order valence-corrected chi connectivity index (χ0v) is 13.8. The first kappa shape index (κ1) is 16.6. The van der Waals surface area contributed by atoms with Crippen LogP contribution in [0.15, 0.2) is 53.0 Å². The molecule has 3 nitrogen and oxygen atoms in total. The van der Waals surface area contributed by atoms with Gasteiger partial charge in [0.15, 0.2) is 0 Å². The third-order valence-corrected chi connectivity index (χ3v) is 4.02. The minimum Gasteiger partial charge on any atom is -0.351 e. The summed E-state index contributed by atoms with van der Waals surface area (Å²) in [5, 5.41) is 3.09. The Kier molecular flexibility index (Phi) is 4.36. The second-order valence-corrected chi connectivity index (χ2v) is 6.25. The van der Waals surface area contributed by atoms with Crippen molar-refractivity contribution in [3.8, 4) is 0 Å². The number of H-pyrrole nitrogens is 1. The molecule has 24 heavy (non-hydrogen) atoms. The van der Waals surface area contributed by atoms with Crippen LogP contribution in [0.4, 0.5) is 18.9 Å². The van der Waals surface area contributed by atoms with E-state index in [1.807, 2.05) is 24.3 Å². The quantitative estimate of drug-likeness (QED) is 0.633. The minimum absolute atomic E-state index is 0.187. The van der Waals surface area contributed by atoms with E-state index in [2.05, 4.69) is 26.2 Å². The van der Waals surface area contributed by atoms with Gasteiger partial charge in [0.25, 0.3) is 0 Å². The number of fused-ring (bicyclic) bond motifs is 1. The van der Waals surface area contributed by atoms with E-state index in [1.165, 1.54) is 12.1 Å². The molecule has 0 radical (unpaired) electrons. The lowest BCUT2D eigenvalue weighted by atomic mass is 10.1. The van der Waals surface area contributed by atoms with Gasteiger partial charge in [0.1, 0.15) is 5.69 Å². The Morgan fingerprint density at radius 2 is 1.79 bits per heavy atom. The summed E-state index contributed by atoms with van der Waals surface area (Å²) in [7, 11) is 0. The van der Waals surface area contributed by atoms with Crippen molar-refractivity contribution >= 4 is 38.4 Å². The number of alkyl halides is 3. The minimum atomic E-state index is -4.43. The molecule has 0 aliphatic heterocycles. The first-order valence-electron chi connectivity index (χ1n) is 7.05. The third-order valence-electron chi connectivity index (χ3n) is 3.49. The van der Waals surface area contributed by atoms with Crippen molar-refractivity contribution in [1.29, 1.82) is 0 Å². The van der Waals surface area contributed by atoms with Gasteiger partial charge in [-0.15, -0.1) is 0 Å².